The highest BCUT2D eigenvalue weighted by molar-refractivity contribution is 5.87. The molecule has 1 atom stereocenters. The number of hydroxylamine groups is 1. The fourth-order valence-corrected chi connectivity index (χ4v) is 2.09. The van der Waals surface area contributed by atoms with Crippen molar-refractivity contribution >= 4 is 17.9 Å². The van der Waals surface area contributed by atoms with Crippen LogP contribution in [0.15, 0.2) is 0 Å². The maximum atomic E-state index is 11.6. The Kier molecular flexibility index (Phi) is 6.12. The summed E-state index contributed by atoms with van der Waals surface area (Å²) in [6, 6.07) is 0. The maximum Gasteiger partial charge on any atom is 0.473 e. The molecule has 0 bridgehead atoms. The summed E-state index contributed by atoms with van der Waals surface area (Å²) >= 11 is 0. The molecule has 0 aromatic rings. The summed E-state index contributed by atoms with van der Waals surface area (Å²) < 4.78 is 6.53. The SMILES string of the molecule is CC(CC(C)(C)OOC(C)(C)C)OC1=[N+](OC(N)=O)C(=O)CC1. The van der Waals surface area contributed by atoms with Crippen LogP contribution in [0.3, 0.4) is 0 Å². The number of ether oxygens (including phenoxy) is 1. The third-order valence-electron chi connectivity index (χ3n) is 2.82. The van der Waals surface area contributed by atoms with E-state index in [1.807, 2.05) is 41.5 Å². The van der Waals surface area contributed by atoms with E-state index in [0.29, 0.717) is 12.8 Å². The lowest BCUT2D eigenvalue weighted by molar-refractivity contribution is -0.691. The van der Waals surface area contributed by atoms with Crippen molar-refractivity contribution in [3.05, 3.63) is 0 Å². The average molecular weight is 331 g/mol. The number of primary amides is 1. The van der Waals surface area contributed by atoms with Crippen molar-refractivity contribution in [3.63, 3.8) is 0 Å². The van der Waals surface area contributed by atoms with Crippen LogP contribution in [0.2, 0.25) is 0 Å². The summed E-state index contributed by atoms with van der Waals surface area (Å²) in [5, 5.41) is 0. The number of rotatable bonds is 6. The number of hydrogen-bond donors (Lipinski definition) is 1. The zero-order valence-electron chi connectivity index (χ0n) is 14.7. The Hall–Kier alpha value is -1.67. The Morgan fingerprint density at radius 2 is 1.83 bits per heavy atom. The number of carbonyl (C=O) groups excluding carboxylic acids is 2. The molecular weight excluding hydrogens is 304 g/mol. The first-order chi connectivity index (χ1) is 10.4. The number of hydrogen-bond acceptors (Lipinski definition) is 6. The van der Waals surface area contributed by atoms with Gasteiger partial charge in [-0.2, -0.15) is 4.84 Å². The van der Waals surface area contributed by atoms with Crippen LogP contribution >= 0.6 is 0 Å². The van der Waals surface area contributed by atoms with Gasteiger partial charge in [-0.05, 0) is 41.5 Å². The molecule has 0 radical (unpaired) electrons. The standard InChI is InChI=1S/C15H26N2O6/c1-10(9-15(5,6)23-22-14(2,3)4)20-12-8-7-11(18)17(12)21-13(16)19/h10H,7-9H2,1-6H3,(H-,16,19)/p+1. The molecule has 1 heterocycles. The van der Waals surface area contributed by atoms with Crippen LogP contribution in [0.25, 0.3) is 0 Å². The molecule has 2 amide bonds. The molecule has 23 heavy (non-hydrogen) atoms. The second-order valence-corrected chi connectivity index (χ2v) is 7.16. The fourth-order valence-electron chi connectivity index (χ4n) is 2.09. The van der Waals surface area contributed by atoms with Crippen molar-refractivity contribution in [2.45, 2.75) is 78.1 Å². The number of nitrogens with two attached hydrogens (primary N) is 1. The molecule has 132 valence electrons. The Balaban J connectivity index is 2.64. The van der Waals surface area contributed by atoms with E-state index >= 15 is 0 Å². The van der Waals surface area contributed by atoms with Gasteiger partial charge in [0.15, 0.2) is 0 Å². The molecule has 0 fully saturated rings. The van der Waals surface area contributed by atoms with Gasteiger partial charge in [-0.25, -0.2) is 19.4 Å². The van der Waals surface area contributed by atoms with E-state index in [9.17, 15) is 9.59 Å². The van der Waals surface area contributed by atoms with Crippen molar-refractivity contribution in [2.24, 2.45) is 5.73 Å². The molecule has 0 saturated heterocycles. The van der Waals surface area contributed by atoms with Crippen LogP contribution < -0.4 is 5.73 Å². The zero-order chi connectivity index (χ0) is 17.8. The zero-order valence-corrected chi connectivity index (χ0v) is 14.7. The topological polar surface area (TPSA) is 100 Å². The first-order valence-corrected chi connectivity index (χ1v) is 7.59. The minimum atomic E-state index is -1.06. The van der Waals surface area contributed by atoms with Crippen LogP contribution in [-0.4, -0.2) is 39.9 Å². The summed E-state index contributed by atoms with van der Waals surface area (Å²) in [6.07, 6.45) is -0.270. The van der Waals surface area contributed by atoms with Crippen molar-refractivity contribution < 1.29 is 33.7 Å². The monoisotopic (exact) mass is 331 g/mol. The smallest absolute Gasteiger partial charge is 0.441 e. The van der Waals surface area contributed by atoms with Gasteiger partial charge in [-0.3, -0.25) is 0 Å². The van der Waals surface area contributed by atoms with Crippen LogP contribution in [0.4, 0.5) is 4.79 Å². The first kappa shape index (κ1) is 19.4. The summed E-state index contributed by atoms with van der Waals surface area (Å²) in [7, 11) is 0. The molecule has 0 saturated carbocycles. The highest BCUT2D eigenvalue weighted by Crippen LogP contribution is 2.23. The third kappa shape index (κ3) is 6.96. The van der Waals surface area contributed by atoms with E-state index in [1.54, 1.807) is 0 Å². The van der Waals surface area contributed by atoms with Gasteiger partial charge in [0.25, 0.3) is 0 Å². The summed E-state index contributed by atoms with van der Waals surface area (Å²) in [5.74, 6) is -0.0913. The summed E-state index contributed by atoms with van der Waals surface area (Å²) in [4.78, 5) is 38.0. The second-order valence-electron chi connectivity index (χ2n) is 7.16. The summed E-state index contributed by atoms with van der Waals surface area (Å²) in [5.41, 5.74) is 3.94. The third-order valence-corrected chi connectivity index (χ3v) is 2.82. The van der Waals surface area contributed by atoms with E-state index in [4.69, 9.17) is 20.2 Å². The highest BCUT2D eigenvalue weighted by atomic mass is 17.2. The quantitative estimate of drug-likeness (QED) is 0.346. The first-order valence-electron chi connectivity index (χ1n) is 7.59. The number of carbonyl (C=O) groups is 2. The maximum absolute atomic E-state index is 11.6. The van der Waals surface area contributed by atoms with Crippen LogP contribution in [0, 0.1) is 0 Å². The molecule has 0 aliphatic carbocycles. The molecule has 1 aliphatic rings. The lowest BCUT2D eigenvalue weighted by atomic mass is 10.0. The van der Waals surface area contributed by atoms with Gasteiger partial charge in [-0.15, -0.1) is 0 Å². The van der Waals surface area contributed by atoms with Crippen molar-refractivity contribution in [2.75, 3.05) is 0 Å². The van der Waals surface area contributed by atoms with E-state index in [1.165, 1.54) is 0 Å². The van der Waals surface area contributed by atoms with Crippen molar-refractivity contribution in [3.8, 4) is 0 Å². The number of amides is 2. The lowest BCUT2D eigenvalue weighted by Gasteiger charge is -2.30. The average Bonchev–Trinajstić information content (AvgIpc) is 2.67. The largest absolute Gasteiger partial charge is 0.473 e. The Morgan fingerprint density at radius 1 is 1.22 bits per heavy atom. The van der Waals surface area contributed by atoms with E-state index in [-0.39, 0.29) is 24.3 Å². The molecule has 1 aliphatic heterocycles. The van der Waals surface area contributed by atoms with Gasteiger partial charge in [0.05, 0.1) is 23.2 Å². The van der Waals surface area contributed by atoms with Crippen molar-refractivity contribution in [1.82, 2.24) is 0 Å². The van der Waals surface area contributed by atoms with E-state index < -0.39 is 17.3 Å². The molecule has 0 aromatic heterocycles. The Bertz CT molecular complexity index is 493. The number of nitrogens with zero attached hydrogens (tertiary/aromatic N) is 1. The minimum absolute atomic E-state index is 0.211. The predicted molar refractivity (Wildman–Crippen MR) is 81.3 cm³/mol. The molecule has 8 heteroatoms. The van der Waals surface area contributed by atoms with E-state index in [2.05, 4.69) is 4.84 Å². The van der Waals surface area contributed by atoms with Crippen molar-refractivity contribution in [1.29, 1.82) is 0 Å². The molecule has 8 nitrogen and oxygen atoms in total. The van der Waals surface area contributed by atoms with Gasteiger partial charge >= 0.3 is 17.9 Å². The fraction of sp³-hybridized carbons (Fsp3) is 0.800. The molecule has 1 rings (SSSR count). The predicted octanol–water partition coefficient (Wildman–Crippen LogP) is 2.05. The van der Waals surface area contributed by atoms with Crippen LogP contribution in [0.5, 0.6) is 0 Å². The minimum Gasteiger partial charge on any atom is -0.441 e. The molecule has 0 spiro atoms. The Morgan fingerprint density at radius 3 is 2.35 bits per heavy atom. The molecule has 0 aromatic carbocycles. The van der Waals surface area contributed by atoms with Gasteiger partial charge < -0.3 is 10.5 Å². The molecule has 1 unspecified atom stereocenters. The Labute approximate surface area is 136 Å². The van der Waals surface area contributed by atoms with E-state index in [0.717, 1.165) is 4.74 Å². The second kappa shape index (κ2) is 7.27. The summed E-state index contributed by atoms with van der Waals surface area (Å²) in [6.45, 7) is 11.3. The lowest BCUT2D eigenvalue weighted by Crippen LogP contribution is -2.35. The van der Waals surface area contributed by atoms with Gasteiger partial charge in [-0.1, -0.05) is 0 Å². The van der Waals surface area contributed by atoms with Gasteiger partial charge in [0.2, 0.25) is 0 Å². The molecular formula is C15H27N2O6+. The molecule has 2 N–H and O–H groups in total. The normalized spacial score (nSPS) is 17.4. The van der Waals surface area contributed by atoms with Gasteiger partial charge in [0, 0.05) is 6.42 Å². The van der Waals surface area contributed by atoms with Crippen LogP contribution in [-0.2, 0) is 24.1 Å². The highest BCUT2D eigenvalue weighted by Gasteiger charge is 2.40. The van der Waals surface area contributed by atoms with Crippen LogP contribution in [0.1, 0.15) is 60.8 Å². The van der Waals surface area contributed by atoms with Gasteiger partial charge in [0.1, 0.15) is 11.7 Å².